The Balaban J connectivity index is 2.64. The van der Waals surface area contributed by atoms with Gasteiger partial charge in [0.05, 0.1) is 25.5 Å². The third-order valence-electron chi connectivity index (χ3n) is 2.73. The quantitative estimate of drug-likeness (QED) is 0.796. The summed E-state index contributed by atoms with van der Waals surface area (Å²) in [6.07, 6.45) is 2.61. The zero-order chi connectivity index (χ0) is 12.1. The van der Waals surface area contributed by atoms with Crippen LogP contribution < -0.4 is 4.74 Å². The van der Waals surface area contributed by atoms with Gasteiger partial charge in [-0.2, -0.15) is 5.10 Å². The highest BCUT2D eigenvalue weighted by molar-refractivity contribution is 5.26. The van der Waals surface area contributed by atoms with E-state index in [1.165, 1.54) is 0 Å². The minimum atomic E-state index is -0.569. The second-order valence-electron chi connectivity index (χ2n) is 3.86. The van der Waals surface area contributed by atoms with Crippen LogP contribution in [-0.4, -0.2) is 35.2 Å². The molecule has 2 unspecified atom stereocenters. The Morgan fingerprint density at radius 1 is 1.44 bits per heavy atom. The third-order valence-corrected chi connectivity index (χ3v) is 2.73. The zero-order valence-corrected chi connectivity index (χ0v) is 10.3. The summed E-state index contributed by atoms with van der Waals surface area (Å²) >= 11 is 0. The number of hydrogen-bond donors (Lipinski definition) is 1. The van der Waals surface area contributed by atoms with E-state index in [9.17, 15) is 5.11 Å². The van der Waals surface area contributed by atoms with Gasteiger partial charge in [-0.3, -0.25) is 4.68 Å². The summed E-state index contributed by atoms with van der Waals surface area (Å²) in [4.78, 5) is 0. The topological polar surface area (TPSA) is 56.5 Å². The fourth-order valence-electron chi connectivity index (χ4n) is 1.61. The molecule has 5 heteroatoms. The molecular weight excluding hydrogens is 208 g/mol. The maximum absolute atomic E-state index is 10.1. The number of aryl methyl sites for hydroxylation is 1. The second-order valence-corrected chi connectivity index (χ2v) is 3.86. The Kier molecular flexibility index (Phi) is 4.76. The summed E-state index contributed by atoms with van der Waals surface area (Å²) in [6, 6.07) is 0. The maximum Gasteiger partial charge on any atom is 0.162 e. The van der Waals surface area contributed by atoms with E-state index in [1.54, 1.807) is 32.1 Å². The van der Waals surface area contributed by atoms with Gasteiger partial charge in [-0.1, -0.05) is 0 Å². The molecule has 0 aliphatic rings. The fraction of sp³-hybridized carbons (Fsp3) is 0.727. The van der Waals surface area contributed by atoms with Crippen molar-refractivity contribution in [3.8, 4) is 5.75 Å². The summed E-state index contributed by atoms with van der Waals surface area (Å²) in [5.74, 6) is 0.625. The Morgan fingerprint density at radius 3 is 2.69 bits per heavy atom. The Morgan fingerprint density at radius 2 is 2.12 bits per heavy atom. The van der Waals surface area contributed by atoms with Crippen LogP contribution in [0.15, 0.2) is 6.20 Å². The molecule has 1 aromatic rings. The Hall–Kier alpha value is -1.07. The van der Waals surface area contributed by atoms with Crippen molar-refractivity contribution >= 4 is 0 Å². The van der Waals surface area contributed by atoms with Gasteiger partial charge in [0.2, 0.25) is 0 Å². The van der Waals surface area contributed by atoms with Crippen molar-refractivity contribution in [1.82, 2.24) is 9.78 Å². The molecule has 0 radical (unpaired) electrons. The van der Waals surface area contributed by atoms with Crippen molar-refractivity contribution in [2.75, 3.05) is 14.2 Å². The molecule has 1 aromatic heterocycles. The fourth-order valence-corrected chi connectivity index (χ4v) is 1.61. The first kappa shape index (κ1) is 13.0. The van der Waals surface area contributed by atoms with Gasteiger partial charge >= 0.3 is 0 Å². The molecule has 1 heterocycles. The average Bonchev–Trinajstić information content (AvgIpc) is 2.66. The minimum Gasteiger partial charge on any atom is -0.493 e. The number of aromatic nitrogens is 2. The molecule has 2 atom stereocenters. The van der Waals surface area contributed by atoms with Crippen molar-refractivity contribution in [2.45, 2.75) is 32.0 Å². The van der Waals surface area contributed by atoms with Gasteiger partial charge in [0.25, 0.3) is 0 Å². The Labute approximate surface area is 96.0 Å². The number of nitrogens with zero attached hydrogens (tertiary/aromatic N) is 2. The second kappa shape index (κ2) is 5.86. The van der Waals surface area contributed by atoms with E-state index in [1.807, 2.05) is 6.92 Å². The van der Waals surface area contributed by atoms with Gasteiger partial charge in [-0.05, 0) is 19.8 Å². The summed E-state index contributed by atoms with van der Waals surface area (Å²) in [5, 5.41) is 14.1. The van der Waals surface area contributed by atoms with Gasteiger partial charge in [-0.15, -0.1) is 0 Å². The van der Waals surface area contributed by atoms with Crippen molar-refractivity contribution in [3.05, 3.63) is 11.9 Å². The van der Waals surface area contributed by atoms with E-state index in [-0.39, 0.29) is 6.10 Å². The molecule has 0 spiro atoms. The predicted molar refractivity (Wildman–Crippen MR) is 60.4 cm³/mol. The zero-order valence-electron chi connectivity index (χ0n) is 10.3. The van der Waals surface area contributed by atoms with Gasteiger partial charge < -0.3 is 14.6 Å². The van der Waals surface area contributed by atoms with Crippen LogP contribution >= 0.6 is 0 Å². The standard InChI is InChI=1S/C11H20N2O3/c1-8(15-3)5-6-9(14)11-10(16-4)7-12-13(11)2/h7-9,14H,5-6H2,1-4H3. The monoisotopic (exact) mass is 228 g/mol. The molecule has 92 valence electrons. The largest absolute Gasteiger partial charge is 0.493 e. The summed E-state index contributed by atoms with van der Waals surface area (Å²) in [7, 11) is 5.04. The van der Waals surface area contributed by atoms with Gasteiger partial charge in [0.1, 0.15) is 5.69 Å². The van der Waals surface area contributed by atoms with Crippen LogP contribution in [0.2, 0.25) is 0 Å². The lowest BCUT2D eigenvalue weighted by Gasteiger charge is -2.15. The molecule has 0 saturated carbocycles. The molecule has 0 aromatic carbocycles. The van der Waals surface area contributed by atoms with Crippen molar-refractivity contribution in [3.63, 3.8) is 0 Å². The SMILES string of the molecule is COc1cnn(C)c1C(O)CCC(C)OC. The van der Waals surface area contributed by atoms with E-state index >= 15 is 0 Å². The summed E-state index contributed by atoms with van der Waals surface area (Å²) < 4.78 is 11.9. The number of aliphatic hydroxyl groups is 1. The van der Waals surface area contributed by atoms with E-state index in [4.69, 9.17) is 9.47 Å². The number of ether oxygens (including phenoxy) is 2. The van der Waals surface area contributed by atoms with Gasteiger partial charge in [0, 0.05) is 14.2 Å². The molecule has 0 amide bonds. The molecule has 1 rings (SSSR count). The average molecular weight is 228 g/mol. The highest BCUT2D eigenvalue weighted by Crippen LogP contribution is 2.27. The molecule has 1 N–H and O–H groups in total. The van der Waals surface area contributed by atoms with Gasteiger partial charge in [0.15, 0.2) is 5.75 Å². The van der Waals surface area contributed by atoms with Crippen LogP contribution in [0.4, 0.5) is 0 Å². The molecule has 0 fully saturated rings. The van der Waals surface area contributed by atoms with Crippen LogP contribution in [0.25, 0.3) is 0 Å². The normalized spacial score (nSPS) is 14.8. The smallest absolute Gasteiger partial charge is 0.162 e. The van der Waals surface area contributed by atoms with Crippen LogP contribution in [-0.2, 0) is 11.8 Å². The predicted octanol–water partition coefficient (Wildman–Crippen LogP) is 1.28. The number of aliphatic hydroxyl groups excluding tert-OH is 1. The van der Waals surface area contributed by atoms with E-state index in [0.29, 0.717) is 17.9 Å². The molecule has 0 bridgehead atoms. The van der Waals surface area contributed by atoms with E-state index in [0.717, 1.165) is 6.42 Å². The molecule has 0 aliphatic carbocycles. The first-order chi connectivity index (χ1) is 7.60. The molecular formula is C11H20N2O3. The molecule has 0 saturated heterocycles. The number of rotatable bonds is 6. The third kappa shape index (κ3) is 2.96. The Bertz CT molecular complexity index is 325. The summed E-state index contributed by atoms with van der Waals surface area (Å²) in [5.41, 5.74) is 0.714. The van der Waals surface area contributed by atoms with E-state index < -0.39 is 6.10 Å². The number of hydrogen-bond acceptors (Lipinski definition) is 4. The number of methoxy groups -OCH3 is 2. The van der Waals surface area contributed by atoms with Gasteiger partial charge in [-0.25, -0.2) is 0 Å². The first-order valence-corrected chi connectivity index (χ1v) is 5.36. The van der Waals surface area contributed by atoms with Crippen LogP contribution in [0.3, 0.4) is 0 Å². The highest BCUT2D eigenvalue weighted by Gasteiger charge is 2.18. The van der Waals surface area contributed by atoms with Crippen LogP contribution in [0.5, 0.6) is 5.75 Å². The van der Waals surface area contributed by atoms with E-state index in [2.05, 4.69) is 5.10 Å². The molecule has 16 heavy (non-hydrogen) atoms. The van der Waals surface area contributed by atoms with Crippen LogP contribution in [0.1, 0.15) is 31.6 Å². The maximum atomic E-state index is 10.1. The molecule has 5 nitrogen and oxygen atoms in total. The lowest BCUT2D eigenvalue weighted by atomic mass is 10.1. The van der Waals surface area contributed by atoms with Crippen molar-refractivity contribution < 1.29 is 14.6 Å². The first-order valence-electron chi connectivity index (χ1n) is 5.36. The minimum absolute atomic E-state index is 0.147. The van der Waals surface area contributed by atoms with Crippen LogP contribution in [0, 0.1) is 0 Å². The highest BCUT2D eigenvalue weighted by atomic mass is 16.5. The lowest BCUT2D eigenvalue weighted by Crippen LogP contribution is -2.11. The lowest BCUT2D eigenvalue weighted by molar-refractivity contribution is 0.0819. The van der Waals surface area contributed by atoms with Crippen molar-refractivity contribution in [1.29, 1.82) is 0 Å². The van der Waals surface area contributed by atoms with Crippen molar-refractivity contribution in [2.24, 2.45) is 7.05 Å². The summed E-state index contributed by atoms with van der Waals surface area (Å²) in [6.45, 7) is 1.98. The molecule has 0 aliphatic heterocycles.